The number of nitrogens with zero attached hydrogens (tertiary/aromatic N) is 1. The normalized spacial score (nSPS) is 20.6. The topological polar surface area (TPSA) is 96.4 Å². The molecule has 1 fully saturated rings. The molecule has 0 saturated heterocycles. The van der Waals surface area contributed by atoms with Gasteiger partial charge in [-0.1, -0.05) is 31.7 Å². The van der Waals surface area contributed by atoms with Crippen molar-refractivity contribution < 1.29 is 14.6 Å². The minimum absolute atomic E-state index is 0.0340. The highest BCUT2D eigenvalue weighted by Gasteiger charge is 2.34. The van der Waals surface area contributed by atoms with Crippen LogP contribution in [0.5, 0.6) is 11.5 Å². The molecule has 1 aliphatic heterocycles. The third kappa shape index (κ3) is 3.22. The van der Waals surface area contributed by atoms with Crippen molar-refractivity contribution >= 4 is 11.7 Å². The Labute approximate surface area is 157 Å². The number of methoxy groups -OCH3 is 1. The van der Waals surface area contributed by atoms with Gasteiger partial charge in [0.15, 0.2) is 11.5 Å². The molecule has 2 aromatic rings. The summed E-state index contributed by atoms with van der Waals surface area (Å²) < 4.78 is 7.07. The van der Waals surface area contributed by atoms with Gasteiger partial charge in [-0.25, -0.2) is 0 Å². The van der Waals surface area contributed by atoms with Gasteiger partial charge in [0.05, 0.1) is 18.7 Å². The maximum absolute atomic E-state index is 12.8. The second kappa shape index (κ2) is 7.13. The Kier molecular flexibility index (Phi) is 4.68. The molecule has 1 aromatic heterocycles. The number of aromatic hydroxyl groups is 1. The minimum atomic E-state index is -0.362. The lowest BCUT2D eigenvalue weighted by atomic mass is 9.87. The standard InChI is InChI=1S/C20H25N3O4/c1-27-16-10-12(8-9-15(16)24)14-11-17(25)21-19-18(14)20(26)22-23(19)13-6-4-2-3-5-7-13/h8-10,13-14,24H,2-7,11H2,1H3,(H,21,25)(H,22,26)/t14-/m1/s1. The lowest BCUT2D eigenvalue weighted by molar-refractivity contribution is -0.116. The number of anilines is 1. The van der Waals surface area contributed by atoms with Crippen LogP contribution in [0.3, 0.4) is 0 Å². The third-order valence-corrected chi connectivity index (χ3v) is 5.75. The number of ether oxygens (including phenoxy) is 1. The molecule has 1 saturated carbocycles. The SMILES string of the molecule is COc1cc([C@H]2CC(=O)Nc3c2c(=O)[nH]n3C2CCCCCC2)ccc1O. The van der Waals surface area contributed by atoms with Gasteiger partial charge < -0.3 is 15.2 Å². The lowest BCUT2D eigenvalue weighted by Crippen LogP contribution is -2.27. The summed E-state index contributed by atoms with van der Waals surface area (Å²) in [4.78, 5) is 25.2. The van der Waals surface area contributed by atoms with E-state index in [9.17, 15) is 14.7 Å². The summed E-state index contributed by atoms with van der Waals surface area (Å²) >= 11 is 0. The first-order valence-electron chi connectivity index (χ1n) is 9.59. The Morgan fingerprint density at radius 1 is 1.15 bits per heavy atom. The molecule has 0 unspecified atom stereocenters. The van der Waals surface area contributed by atoms with E-state index in [1.807, 2.05) is 4.68 Å². The zero-order valence-corrected chi connectivity index (χ0v) is 15.5. The van der Waals surface area contributed by atoms with E-state index in [-0.39, 0.29) is 35.6 Å². The van der Waals surface area contributed by atoms with Gasteiger partial charge in [-0.05, 0) is 30.5 Å². The number of nitrogens with one attached hydrogen (secondary N) is 2. The number of rotatable bonds is 3. The van der Waals surface area contributed by atoms with E-state index in [1.54, 1.807) is 12.1 Å². The summed E-state index contributed by atoms with van der Waals surface area (Å²) in [7, 11) is 1.48. The van der Waals surface area contributed by atoms with E-state index in [0.717, 1.165) is 31.2 Å². The van der Waals surface area contributed by atoms with Crippen LogP contribution in [0.25, 0.3) is 0 Å². The third-order valence-electron chi connectivity index (χ3n) is 5.75. The maximum atomic E-state index is 12.8. The molecular formula is C20H25N3O4. The molecule has 1 aliphatic carbocycles. The fourth-order valence-electron chi connectivity index (χ4n) is 4.37. The van der Waals surface area contributed by atoms with Crippen molar-refractivity contribution in [3.05, 3.63) is 39.7 Å². The number of phenols is 1. The molecule has 7 heteroatoms. The summed E-state index contributed by atoms with van der Waals surface area (Å²) in [6.07, 6.45) is 6.89. The number of H-pyrrole nitrogens is 1. The van der Waals surface area contributed by atoms with Crippen LogP contribution in [0, 0.1) is 0 Å². The van der Waals surface area contributed by atoms with Crippen molar-refractivity contribution in [1.29, 1.82) is 0 Å². The molecule has 144 valence electrons. The summed E-state index contributed by atoms with van der Waals surface area (Å²) in [5.74, 6) is 0.492. The summed E-state index contributed by atoms with van der Waals surface area (Å²) in [6.45, 7) is 0. The molecule has 0 spiro atoms. The van der Waals surface area contributed by atoms with Crippen molar-refractivity contribution in [2.75, 3.05) is 12.4 Å². The minimum Gasteiger partial charge on any atom is -0.504 e. The monoisotopic (exact) mass is 371 g/mol. The molecule has 1 atom stereocenters. The molecule has 4 rings (SSSR count). The quantitative estimate of drug-likeness (QED) is 0.722. The molecule has 0 bridgehead atoms. The predicted molar refractivity (Wildman–Crippen MR) is 102 cm³/mol. The lowest BCUT2D eigenvalue weighted by Gasteiger charge is -2.26. The Morgan fingerprint density at radius 2 is 1.89 bits per heavy atom. The van der Waals surface area contributed by atoms with Crippen molar-refractivity contribution in [3.63, 3.8) is 0 Å². The number of benzene rings is 1. The first-order chi connectivity index (χ1) is 13.1. The van der Waals surface area contributed by atoms with Gasteiger partial charge in [0, 0.05) is 12.3 Å². The highest BCUT2D eigenvalue weighted by molar-refractivity contribution is 5.94. The molecule has 0 radical (unpaired) electrons. The van der Waals surface area contributed by atoms with Gasteiger partial charge in [0.25, 0.3) is 5.56 Å². The van der Waals surface area contributed by atoms with Gasteiger partial charge >= 0.3 is 0 Å². The number of carbonyl (C=O) groups is 1. The first-order valence-corrected chi connectivity index (χ1v) is 9.59. The van der Waals surface area contributed by atoms with Crippen molar-refractivity contribution in [3.8, 4) is 11.5 Å². The maximum Gasteiger partial charge on any atom is 0.270 e. The van der Waals surface area contributed by atoms with Crippen LogP contribution in [0.2, 0.25) is 0 Å². The molecule has 1 aromatic carbocycles. The van der Waals surface area contributed by atoms with Crippen LogP contribution in [-0.2, 0) is 4.79 Å². The molecule has 2 heterocycles. The molecule has 27 heavy (non-hydrogen) atoms. The predicted octanol–water partition coefficient (Wildman–Crippen LogP) is 3.26. The first kappa shape index (κ1) is 17.7. The number of fused-ring (bicyclic) bond motifs is 1. The van der Waals surface area contributed by atoms with Crippen LogP contribution >= 0.6 is 0 Å². The van der Waals surface area contributed by atoms with Gasteiger partial charge in [0.2, 0.25) is 5.91 Å². The molecular weight excluding hydrogens is 346 g/mol. The highest BCUT2D eigenvalue weighted by Crippen LogP contribution is 2.40. The summed E-state index contributed by atoms with van der Waals surface area (Å²) in [5, 5.41) is 15.8. The van der Waals surface area contributed by atoms with E-state index in [2.05, 4.69) is 10.4 Å². The number of aromatic amines is 1. The molecule has 1 amide bonds. The van der Waals surface area contributed by atoms with Crippen molar-refractivity contribution in [2.24, 2.45) is 0 Å². The van der Waals surface area contributed by atoms with Crippen molar-refractivity contribution in [2.45, 2.75) is 56.9 Å². The van der Waals surface area contributed by atoms with E-state index in [4.69, 9.17) is 4.74 Å². The fraction of sp³-hybridized carbons (Fsp3) is 0.500. The van der Waals surface area contributed by atoms with Crippen molar-refractivity contribution in [1.82, 2.24) is 9.78 Å². The average molecular weight is 371 g/mol. The Hall–Kier alpha value is -2.70. The summed E-state index contributed by atoms with van der Waals surface area (Å²) in [5.41, 5.74) is 1.21. The van der Waals surface area contributed by atoms with Gasteiger partial charge in [-0.2, -0.15) is 0 Å². The number of aromatic nitrogens is 2. The summed E-state index contributed by atoms with van der Waals surface area (Å²) in [6, 6.07) is 5.19. The van der Waals surface area contributed by atoms with E-state index >= 15 is 0 Å². The zero-order chi connectivity index (χ0) is 19.0. The average Bonchev–Trinajstić information content (AvgIpc) is 2.84. The van der Waals surface area contributed by atoms with Gasteiger partial charge in [0.1, 0.15) is 5.82 Å². The molecule has 3 N–H and O–H groups in total. The second-order valence-corrected chi connectivity index (χ2v) is 7.45. The Bertz CT molecular complexity index is 906. The highest BCUT2D eigenvalue weighted by atomic mass is 16.5. The molecule has 7 nitrogen and oxygen atoms in total. The second-order valence-electron chi connectivity index (χ2n) is 7.45. The number of hydrogen-bond donors (Lipinski definition) is 3. The van der Waals surface area contributed by atoms with E-state index < -0.39 is 0 Å². The van der Waals surface area contributed by atoms with Crippen LogP contribution < -0.4 is 15.6 Å². The largest absolute Gasteiger partial charge is 0.504 e. The molecule has 2 aliphatic rings. The smallest absolute Gasteiger partial charge is 0.270 e. The van der Waals surface area contributed by atoms with E-state index in [0.29, 0.717) is 17.1 Å². The Balaban J connectivity index is 1.78. The fourth-order valence-corrected chi connectivity index (χ4v) is 4.37. The Morgan fingerprint density at radius 3 is 2.59 bits per heavy atom. The van der Waals surface area contributed by atoms with Crippen LogP contribution in [0.1, 0.15) is 68.0 Å². The van der Waals surface area contributed by atoms with Crippen LogP contribution in [-0.4, -0.2) is 27.9 Å². The van der Waals surface area contributed by atoms with E-state index in [1.165, 1.54) is 26.0 Å². The number of carbonyl (C=O) groups excluding carboxylic acids is 1. The van der Waals surface area contributed by atoms with Crippen LogP contribution in [0.15, 0.2) is 23.0 Å². The number of phenolic OH excluding ortho intramolecular Hbond substituents is 1. The van der Waals surface area contributed by atoms with Crippen LogP contribution in [0.4, 0.5) is 5.82 Å². The van der Waals surface area contributed by atoms with Gasteiger partial charge in [-0.3, -0.25) is 19.4 Å². The number of amides is 1. The number of hydrogen-bond acceptors (Lipinski definition) is 4. The van der Waals surface area contributed by atoms with Gasteiger partial charge in [-0.15, -0.1) is 0 Å². The zero-order valence-electron chi connectivity index (χ0n) is 15.5.